The lowest BCUT2D eigenvalue weighted by molar-refractivity contribution is -0.132. The number of benzene rings is 2. The molecule has 3 rings (SSSR count). The number of carbonyl (C=O) groups is 1. The quantitative estimate of drug-likeness (QED) is 0.549. The van der Waals surface area contributed by atoms with E-state index >= 15 is 0 Å². The first-order chi connectivity index (χ1) is 14.1. The summed E-state index contributed by atoms with van der Waals surface area (Å²) >= 11 is 0. The lowest BCUT2D eigenvalue weighted by Crippen LogP contribution is -2.33. The molecule has 0 unspecified atom stereocenters. The first kappa shape index (κ1) is 20.2. The minimum absolute atomic E-state index is 0.0393. The Morgan fingerprint density at radius 3 is 2.48 bits per heavy atom. The molecule has 0 atom stereocenters. The normalized spacial score (nSPS) is 10.4. The number of carbonyl (C=O) groups excluding carboxylic acids is 1. The largest absolute Gasteiger partial charge is 0.493 e. The average Bonchev–Trinajstić information content (AvgIpc) is 3.30. The van der Waals surface area contributed by atoms with Gasteiger partial charge < -0.3 is 23.5 Å². The topological polar surface area (TPSA) is 86.9 Å². The van der Waals surface area contributed by atoms with Crippen molar-refractivity contribution in [3.8, 4) is 28.7 Å². The smallest absolute Gasteiger partial charge is 0.260 e. The third-order valence-corrected chi connectivity index (χ3v) is 4.43. The van der Waals surface area contributed by atoms with Crippen LogP contribution in [0.3, 0.4) is 0 Å². The Morgan fingerprint density at radius 1 is 1.07 bits per heavy atom. The lowest BCUT2D eigenvalue weighted by atomic mass is 10.1. The maximum absolute atomic E-state index is 12.3. The Morgan fingerprint density at radius 2 is 1.83 bits per heavy atom. The number of hydrogen-bond acceptors (Lipinski definition) is 7. The van der Waals surface area contributed by atoms with E-state index in [9.17, 15) is 4.79 Å². The predicted molar refractivity (Wildman–Crippen MR) is 106 cm³/mol. The third kappa shape index (κ3) is 5.25. The fourth-order valence-electron chi connectivity index (χ4n) is 2.71. The van der Waals surface area contributed by atoms with Gasteiger partial charge in [0.1, 0.15) is 5.75 Å². The van der Waals surface area contributed by atoms with Crippen molar-refractivity contribution >= 4 is 5.91 Å². The number of rotatable bonds is 9. The number of aromatic nitrogens is 2. The van der Waals surface area contributed by atoms with Gasteiger partial charge in [0, 0.05) is 19.2 Å². The van der Waals surface area contributed by atoms with E-state index in [1.165, 1.54) is 6.39 Å². The van der Waals surface area contributed by atoms with Crippen molar-refractivity contribution in [3.63, 3.8) is 0 Å². The number of likely N-dealkylation sites (N-methyl/N-ethyl adjacent to an activating group) is 1. The molecule has 0 bridgehead atoms. The van der Waals surface area contributed by atoms with E-state index in [0.29, 0.717) is 36.1 Å². The van der Waals surface area contributed by atoms with Crippen LogP contribution in [0.15, 0.2) is 53.3 Å². The first-order valence-corrected chi connectivity index (χ1v) is 9.05. The maximum atomic E-state index is 12.3. The summed E-state index contributed by atoms with van der Waals surface area (Å²) < 4.78 is 21.3. The maximum Gasteiger partial charge on any atom is 0.260 e. The van der Waals surface area contributed by atoms with Crippen molar-refractivity contribution in [2.24, 2.45) is 0 Å². The molecule has 8 heteroatoms. The van der Waals surface area contributed by atoms with Crippen molar-refractivity contribution in [2.75, 3.05) is 34.4 Å². The van der Waals surface area contributed by atoms with Crippen molar-refractivity contribution in [3.05, 3.63) is 54.4 Å². The second kappa shape index (κ2) is 9.59. The molecule has 1 heterocycles. The van der Waals surface area contributed by atoms with E-state index in [0.717, 1.165) is 11.1 Å². The van der Waals surface area contributed by atoms with Crippen LogP contribution in [-0.2, 0) is 11.2 Å². The van der Waals surface area contributed by atoms with E-state index in [2.05, 4.69) is 10.2 Å². The van der Waals surface area contributed by atoms with Gasteiger partial charge in [-0.05, 0) is 48.4 Å². The van der Waals surface area contributed by atoms with E-state index < -0.39 is 0 Å². The molecule has 3 aromatic rings. The molecule has 152 valence electrons. The van der Waals surface area contributed by atoms with Gasteiger partial charge in [-0.25, -0.2) is 0 Å². The Kier molecular flexibility index (Phi) is 6.67. The van der Waals surface area contributed by atoms with Crippen LogP contribution in [0, 0.1) is 0 Å². The van der Waals surface area contributed by atoms with Crippen LogP contribution >= 0.6 is 0 Å². The Balaban J connectivity index is 1.48. The van der Waals surface area contributed by atoms with Crippen LogP contribution in [0.2, 0.25) is 0 Å². The third-order valence-electron chi connectivity index (χ3n) is 4.43. The van der Waals surface area contributed by atoms with Gasteiger partial charge in [-0.2, -0.15) is 0 Å². The van der Waals surface area contributed by atoms with Crippen LogP contribution < -0.4 is 14.2 Å². The zero-order chi connectivity index (χ0) is 20.6. The first-order valence-electron chi connectivity index (χ1n) is 9.05. The van der Waals surface area contributed by atoms with Crippen molar-refractivity contribution < 1.29 is 23.4 Å². The Hall–Kier alpha value is -3.55. The summed E-state index contributed by atoms with van der Waals surface area (Å²) in [7, 11) is 4.96. The number of nitrogens with zero attached hydrogens (tertiary/aromatic N) is 3. The molecular weight excluding hydrogens is 374 g/mol. The van der Waals surface area contributed by atoms with Gasteiger partial charge in [-0.15, -0.1) is 10.2 Å². The van der Waals surface area contributed by atoms with Crippen LogP contribution in [0.4, 0.5) is 0 Å². The minimum atomic E-state index is -0.105. The highest BCUT2D eigenvalue weighted by Gasteiger charge is 2.11. The SMILES string of the molecule is COc1ccc(CCN(C)C(=O)COc2ccc(-c3nnco3)cc2)cc1OC. The average molecular weight is 397 g/mol. The summed E-state index contributed by atoms with van der Waals surface area (Å²) in [6.45, 7) is 0.524. The highest BCUT2D eigenvalue weighted by atomic mass is 16.5. The van der Waals surface area contributed by atoms with E-state index in [1.807, 2.05) is 18.2 Å². The molecular formula is C21H23N3O5. The van der Waals surface area contributed by atoms with Gasteiger partial charge in [0.05, 0.1) is 14.2 Å². The van der Waals surface area contributed by atoms with Gasteiger partial charge >= 0.3 is 0 Å². The summed E-state index contributed by atoms with van der Waals surface area (Å²) in [5, 5.41) is 7.49. The zero-order valence-corrected chi connectivity index (χ0v) is 16.6. The number of hydrogen-bond donors (Lipinski definition) is 0. The summed E-state index contributed by atoms with van der Waals surface area (Å²) in [4.78, 5) is 14.0. The molecule has 0 fully saturated rings. The van der Waals surface area contributed by atoms with Gasteiger partial charge in [0.15, 0.2) is 18.1 Å². The van der Waals surface area contributed by atoms with Crippen LogP contribution in [-0.4, -0.2) is 55.4 Å². The molecule has 29 heavy (non-hydrogen) atoms. The molecule has 0 aliphatic heterocycles. The number of methoxy groups -OCH3 is 2. The molecule has 0 saturated carbocycles. The number of ether oxygens (including phenoxy) is 3. The monoisotopic (exact) mass is 397 g/mol. The van der Waals surface area contributed by atoms with Gasteiger partial charge in [0.2, 0.25) is 12.3 Å². The Bertz CT molecular complexity index is 926. The molecule has 0 saturated heterocycles. The molecule has 8 nitrogen and oxygen atoms in total. The molecule has 0 N–H and O–H groups in total. The van der Waals surface area contributed by atoms with Gasteiger partial charge in [-0.3, -0.25) is 4.79 Å². The standard InChI is InChI=1S/C21H23N3O5/c1-24(11-10-15-4-9-18(26-2)19(12-15)27-3)20(25)13-28-17-7-5-16(6-8-17)21-23-22-14-29-21/h4-9,12,14H,10-11,13H2,1-3H3. The van der Waals surface area contributed by atoms with E-state index in [1.54, 1.807) is 50.4 Å². The molecule has 2 aromatic carbocycles. The van der Waals surface area contributed by atoms with Crippen molar-refractivity contribution in [1.82, 2.24) is 15.1 Å². The van der Waals surface area contributed by atoms with Crippen molar-refractivity contribution in [2.45, 2.75) is 6.42 Å². The summed E-state index contributed by atoms with van der Waals surface area (Å²) in [5.74, 6) is 2.27. The van der Waals surface area contributed by atoms with Crippen LogP contribution in [0.25, 0.3) is 11.5 Å². The Labute approximate surface area is 169 Å². The highest BCUT2D eigenvalue weighted by molar-refractivity contribution is 5.77. The lowest BCUT2D eigenvalue weighted by Gasteiger charge is -2.18. The molecule has 0 spiro atoms. The predicted octanol–water partition coefficient (Wildman–Crippen LogP) is 2.83. The summed E-state index contributed by atoms with van der Waals surface area (Å²) in [6, 6.07) is 12.9. The zero-order valence-electron chi connectivity index (χ0n) is 16.6. The fraction of sp³-hybridized carbons (Fsp3) is 0.286. The highest BCUT2D eigenvalue weighted by Crippen LogP contribution is 2.27. The van der Waals surface area contributed by atoms with Crippen LogP contribution in [0.1, 0.15) is 5.56 Å². The summed E-state index contributed by atoms with van der Waals surface area (Å²) in [6.07, 6.45) is 1.97. The molecule has 1 aromatic heterocycles. The van der Waals surface area contributed by atoms with E-state index in [-0.39, 0.29) is 12.5 Å². The molecule has 0 aliphatic rings. The van der Waals surface area contributed by atoms with E-state index in [4.69, 9.17) is 18.6 Å². The molecule has 1 amide bonds. The number of amides is 1. The second-order valence-electron chi connectivity index (χ2n) is 6.31. The minimum Gasteiger partial charge on any atom is -0.493 e. The molecule has 0 aliphatic carbocycles. The fourth-order valence-corrected chi connectivity index (χ4v) is 2.71. The second-order valence-corrected chi connectivity index (χ2v) is 6.31. The molecule has 0 radical (unpaired) electrons. The summed E-state index contributed by atoms with van der Waals surface area (Å²) in [5.41, 5.74) is 1.84. The van der Waals surface area contributed by atoms with Crippen molar-refractivity contribution in [1.29, 1.82) is 0 Å². The van der Waals surface area contributed by atoms with Gasteiger partial charge in [-0.1, -0.05) is 6.07 Å². The van der Waals surface area contributed by atoms with Gasteiger partial charge in [0.25, 0.3) is 5.91 Å². The van der Waals surface area contributed by atoms with Crippen LogP contribution in [0.5, 0.6) is 17.2 Å².